The zero-order valence-corrected chi connectivity index (χ0v) is 11.5. The maximum atomic E-state index is 11.9. The lowest BCUT2D eigenvalue weighted by Gasteiger charge is -2.29. The van der Waals surface area contributed by atoms with Gasteiger partial charge in [0, 0.05) is 0 Å². The Morgan fingerprint density at radius 3 is 2.17 bits per heavy atom. The quantitative estimate of drug-likeness (QED) is 0.517. The minimum absolute atomic E-state index is 0.129. The van der Waals surface area contributed by atoms with Crippen molar-refractivity contribution in [2.24, 2.45) is 5.41 Å². The van der Waals surface area contributed by atoms with Crippen LogP contribution in [0.3, 0.4) is 0 Å². The zero-order chi connectivity index (χ0) is 14.6. The van der Waals surface area contributed by atoms with Crippen molar-refractivity contribution in [2.75, 3.05) is 6.61 Å². The van der Waals surface area contributed by atoms with Crippen molar-refractivity contribution in [1.29, 1.82) is 0 Å². The van der Waals surface area contributed by atoms with Gasteiger partial charge >= 0.3 is 12.1 Å². The molecule has 0 aromatic carbocycles. The minimum Gasteiger partial charge on any atom is -0.466 e. The average molecular weight is 254 g/mol. The number of carbonyl (C=O) groups is 1. The molecule has 0 bridgehead atoms. The van der Waals surface area contributed by atoms with Gasteiger partial charge in [-0.1, -0.05) is 18.6 Å². The van der Waals surface area contributed by atoms with E-state index >= 15 is 0 Å². The van der Waals surface area contributed by atoms with E-state index in [1.165, 1.54) is 0 Å². The summed E-state index contributed by atoms with van der Waals surface area (Å²) in [5.41, 5.74) is 0.551. The summed E-state index contributed by atoms with van der Waals surface area (Å²) in [6, 6.07) is 0. The first-order valence-electron chi connectivity index (χ1n) is 5.85. The predicted octanol–water partition coefficient (Wildman–Crippen LogP) is 2.90. The van der Waals surface area contributed by atoms with Gasteiger partial charge in [0.15, 0.2) is 0 Å². The lowest BCUT2D eigenvalue weighted by atomic mass is 9.77. The largest absolute Gasteiger partial charge is 0.466 e. The fourth-order valence-corrected chi connectivity index (χ4v) is 1.78. The van der Waals surface area contributed by atoms with E-state index < -0.39 is 5.41 Å². The van der Waals surface area contributed by atoms with Gasteiger partial charge < -0.3 is 4.74 Å². The van der Waals surface area contributed by atoms with Gasteiger partial charge in [-0.3, -0.25) is 4.79 Å². The Hall–Kier alpha value is -1.67. The molecule has 0 aliphatic carbocycles. The van der Waals surface area contributed by atoms with E-state index in [1.54, 1.807) is 6.08 Å². The lowest BCUT2D eigenvalue weighted by molar-refractivity contribution is -0.191. The van der Waals surface area contributed by atoms with Crippen molar-refractivity contribution >= 4 is 12.1 Å². The second kappa shape index (κ2) is 10.5. The van der Waals surface area contributed by atoms with Gasteiger partial charge in [0.25, 0.3) is 0 Å². The summed E-state index contributed by atoms with van der Waals surface area (Å²) in [5.74, 6) is -0.129. The van der Waals surface area contributed by atoms with Gasteiger partial charge in [-0.25, -0.2) is 0 Å². The maximum absolute atomic E-state index is 11.9. The molecule has 4 nitrogen and oxygen atoms in total. The van der Waals surface area contributed by atoms with Crippen molar-refractivity contribution in [3.8, 4) is 0 Å². The Morgan fingerprint density at radius 1 is 1.39 bits per heavy atom. The van der Waals surface area contributed by atoms with E-state index in [0.717, 1.165) is 12.0 Å². The van der Waals surface area contributed by atoms with E-state index in [1.807, 2.05) is 20.8 Å². The van der Waals surface area contributed by atoms with E-state index in [0.29, 0.717) is 19.4 Å². The van der Waals surface area contributed by atoms with E-state index in [2.05, 4.69) is 13.2 Å². The summed E-state index contributed by atoms with van der Waals surface area (Å²) in [6.45, 7) is 13.8. The molecule has 4 heteroatoms. The first kappa shape index (κ1) is 18.7. The lowest BCUT2D eigenvalue weighted by Crippen LogP contribution is -2.32. The molecular weight excluding hydrogens is 232 g/mol. The van der Waals surface area contributed by atoms with Crippen LogP contribution in [-0.2, 0) is 19.1 Å². The highest BCUT2D eigenvalue weighted by molar-refractivity contribution is 5.77. The molecule has 0 radical (unpaired) electrons. The summed E-state index contributed by atoms with van der Waals surface area (Å²) < 4.78 is 5.12. The molecule has 0 saturated heterocycles. The number of allylic oxidation sites excluding steroid dienone is 2. The van der Waals surface area contributed by atoms with Crippen LogP contribution in [-0.4, -0.2) is 18.7 Å². The van der Waals surface area contributed by atoms with Crippen LogP contribution in [0.15, 0.2) is 24.8 Å². The van der Waals surface area contributed by atoms with Crippen LogP contribution in [0.5, 0.6) is 0 Å². The molecule has 0 aliphatic rings. The van der Waals surface area contributed by atoms with Gasteiger partial charge in [-0.05, 0) is 33.1 Å². The molecule has 0 spiro atoms. The molecule has 0 rings (SSSR count). The highest BCUT2D eigenvalue weighted by atomic mass is 16.5. The second-order valence-electron chi connectivity index (χ2n) is 4.06. The number of rotatable bonds is 7. The summed E-state index contributed by atoms with van der Waals surface area (Å²) in [6.07, 6.45) is 4.11. The molecule has 18 heavy (non-hydrogen) atoms. The first-order valence-corrected chi connectivity index (χ1v) is 5.85. The normalized spacial score (nSPS) is 12.2. The van der Waals surface area contributed by atoms with Crippen molar-refractivity contribution in [2.45, 2.75) is 40.0 Å². The van der Waals surface area contributed by atoms with Gasteiger partial charge in [0.1, 0.15) is 0 Å². The molecule has 102 valence electrons. The third-order valence-corrected chi connectivity index (χ3v) is 2.56. The molecule has 1 atom stereocenters. The Balaban J connectivity index is 0. The Bertz CT molecular complexity index is 314. The third-order valence-electron chi connectivity index (χ3n) is 2.56. The standard InChI is InChI=1S/C13H22O2.CO2/c1-6-9-13(7-2,10-11(4)5)12(14)15-8-3;2-1-3/h6H,1,4,7-10H2,2-3,5H3;. The number of hydrogen-bond donors (Lipinski definition) is 0. The number of carbonyl (C=O) groups excluding carboxylic acids is 3. The molecule has 0 aromatic rings. The van der Waals surface area contributed by atoms with Gasteiger partial charge in [0.05, 0.1) is 12.0 Å². The van der Waals surface area contributed by atoms with Crippen molar-refractivity contribution in [3.05, 3.63) is 24.8 Å². The summed E-state index contributed by atoms with van der Waals surface area (Å²) >= 11 is 0. The van der Waals surface area contributed by atoms with Crippen LogP contribution in [0, 0.1) is 5.41 Å². The van der Waals surface area contributed by atoms with Crippen LogP contribution < -0.4 is 0 Å². The SMILES string of the molecule is C=CCC(CC)(CC(=C)C)C(=O)OCC.O=C=O. The molecule has 0 aliphatic heterocycles. The smallest absolute Gasteiger partial charge is 0.373 e. The van der Waals surface area contributed by atoms with Crippen LogP contribution in [0.2, 0.25) is 0 Å². The highest BCUT2D eigenvalue weighted by Crippen LogP contribution is 2.35. The summed E-state index contributed by atoms with van der Waals surface area (Å²) in [7, 11) is 0. The van der Waals surface area contributed by atoms with Crippen molar-refractivity contribution < 1.29 is 19.1 Å². The predicted molar refractivity (Wildman–Crippen MR) is 68.6 cm³/mol. The summed E-state index contributed by atoms with van der Waals surface area (Å²) in [4.78, 5) is 28.2. The molecule has 0 amide bonds. The molecule has 0 fully saturated rings. The molecule has 0 saturated carbocycles. The number of esters is 1. The third kappa shape index (κ3) is 6.81. The number of hydrogen-bond acceptors (Lipinski definition) is 4. The van der Waals surface area contributed by atoms with Crippen molar-refractivity contribution in [3.63, 3.8) is 0 Å². The Labute approximate surface area is 109 Å². The molecule has 0 N–H and O–H groups in total. The Kier molecular flexibility index (Phi) is 10.9. The molecule has 1 unspecified atom stereocenters. The minimum atomic E-state index is -0.455. The van der Waals surface area contributed by atoms with E-state index in [-0.39, 0.29) is 12.1 Å². The Morgan fingerprint density at radius 2 is 1.89 bits per heavy atom. The fraction of sp³-hybridized carbons (Fsp3) is 0.571. The second-order valence-corrected chi connectivity index (χ2v) is 4.06. The molecular formula is C14H22O4. The van der Waals surface area contributed by atoms with Crippen LogP contribution >= 0.6 is 0 Å². The molecule has 0 heterocycles. The van der Waals surface area contributed by atoms with Gasteiger partial charge in [0.2, 0.25) is 0 Å². The highest BCUT2D eigenvalue weighted by Gasteiger charge is 2.36. The van der Waals surface area contributed by atoms with Gasteiger partial charge in [-0.15, -0.1) is 13.2 Å². The monoisotopic (exact) mass is 254 g/mol. The maximum Gasteiger partial charge on any atom is 0.373 e. The van der Waals surface area contributed by atoms with Crippen LogP contribution in [0.1, 0.15) is 40.0 Å². The van der Waals surface area contributed by atoms with E-state index in [9.17, 15) is 4.79 Å². The van der Waals surface area contributed by atoms with Crippen LogP contribution in [0.4, 0.5) is 0 Å². The average Bonchev–Trinajstić information content (AvgIpc) is 2.29. The van der Waals surface area contributed by atoms with Crippen LogP contribution in [0.25, 0.3) is 0 Å². The number of ether oxygens (including phenoxy) is 1. The first-order chi connectivity index (χ1) is 8.43. The summed E-state index contributed by atoms with van der Waals surface area (Å²) in [5, 5.41) is 0. The van der Waals surface area contributed by atoms with E-state index in [4.69, 9.17) is 14.3 Å². The van der Waals surface area contributed by atoms with Gasteiger partial charge in [-0.2, -0.15) is 9.59 Å². The molecule has 0 aromatic heterocycles. The van der Waals surface area contributed by atoms with Crippen molar-refractivity contribution in [1.82, 2.24) is 0 Å². The topological polar surface area (TPSA) is 60.4 Å². The zero-order valence-electron chi connectivity index (χ0n) is 11.5. The fourth-order valence-electron chi connectivity index (χ4n) is 1.78.